The Morgan fingerprint density at radius 1 is 0.939 bits per heavy atom. The van der Waals surface area contributed by atoms with E-state index < -0.39 is 0 Å². The van der Waals surface area contributed by atoms with Crippen LogP contribution in [0.15, 0.2) is 54.6 Å². The zero-order valence-corrected chi connectivity index (χ0v) is 19.4. The van der Waals surface area contributed by atoms with E-state index in [2.05, 4.69) is 71.4 Å². The average Bonchev–Trinajstić information content (AvgIpc) is 2.81. The lowest BCUT2D eigenvalue weighted by atomic mass is 9.87. The molecule has 6 nitrogen and oxygen atoms in total. The van der Waals surface area contributed by atoms with E-state index in [4.69, 9.17) is 9.97 Å². The van der Waals surface area contributed by atoms with E-state index >= 15 is 0 Å². The van der Waals surface area contributed by atoms with Crippen molar-refractivity contribution in [1.82, 2.24) is 14.9 Å². The van der Waals surface area contributed by atoms with Crippen LogP contribution in [0.1, 0.15) is 40.5 Å². The molecule has 5 rings (SSSR count). The number of ketones is 1. The highest BCUT2D eigenvalue weighted by Gasteiger charge is 2.30. The number of fused-ring (bicyclic) bond motifs is 1. The third kappa shape index (κ3) is 4.91. The zero-order valence-electron chi connectivity index (χ0n) is 19.4. The monoisotopic (exact) mass is 441 g/mol. The first-order valence-corrected chi connectivity index (χ1v) is 11.8. The molecule has 1 atom stereocenters. The van der Waals surface area contributed by atoms with Gasteiger partial charge in [-0.25, -0.2) is 4.98 Å². The van der Waals surface area contributed by atoms with Gasteiger partial charge in [0.1, 0.15) is 5.82 Å². The minimum absolute atomic E-state index is 0.137. The molecule has 1 aliphatic carbocycles. The molecule has 2 aromatic carbocycles. The number of carbonyl (C=O) groups is 1. The lowest BCUT2D eigenvalue weighted by molar-refractivity contribution is 0.0952. The number of anilines is 3. The summed E-state index contributed by atoms with van der Waals surface area (Å²) in [6.07, 6.45) is 1.36. The molecule has 0 saturated carbocycles. The largest absolute Gasteiger partial charge is 0.339 e. The summed E-state index contributed by atoms with van der Waals surface area (Å²) in [4.78, 5) is 27.4. The van der Waals surface area contributed by atoms with Crippen LogP contribution in [0.3, 0.4) is 0 Å². The fraction of sp³-hybridized carbons (Fsp3) is 0.370. The minimum atomic E-state index is 0.137. The van der Waals surface area contributed by atoms with Gasteiger partial charge < -0.3 is 10.2 Å². The Kier molecular flexibility index (Phi) is 6.09. The average molecular weight is 442 g/mol. The second kappa shape index (κ2) is 9.32. The van der Waals surface area contributed by atoms with Gasteiger partial charge in [-0.1, -0.05) is 55.0 Å². The topological polar surface area (TPSA) is 61.4 Å². The molecule has 1 saturated heterocycles. The normalized spacial score (nSPS) is 18.8. The molecular formula is C27H31N5O. The van der Waals surface area contributed by atoms with Gasteiger partial charge in [0.15, 0.2) is 5.78 Å². The van der Waals surface area contributed by atoms with Gasteiger partial charge in [-0.15, -0.1) is 0 Å². The van der Waals surface area contributed by atoms with Gasteiger partial charge in [0.25, 0.3) is 0 Å². The first kappa shape index (κ1) is 21.6. The Morgan fingerprint density at radius 2 is 1.67 bits per heavy atom. The number of rotatable bonds is 5. The molecule has 1 N–H and O–H groups in total. The number of piperazine rings is 1. The number of aryl methyl sites for hydroxylation is 1. The number of nitrogens with zero attached hydrogens (tertiary/aromatic N) is 4. The maximum atomic E-state index is 12.9. The summed E-state index contributed by atoms with van der Waals surface area (Å²) < 4.78 is 0. The predicted octanol–water partition coefficient (Wildman–Crippen LogP) is 4.62. The smallest absolute Gasteiger partial charge is 0.227 e. The summed E-state index contributed by atoms with van der Waals surface area (Å²) in [5.74, 6) is 1.81. The van der Waals surface area contributed by atoms with Crippen LogP contribution in [-0.4, -0.2) is 46.8 Å². The Hall–Kier alpha value is -3.25. The van der Waals surface area contributed by atoms with E-state index in [1.807, 2.05) is 12.1 Å². The van der Waals surface area contributed by atoms with Gasteiger partial charge in [-0.2, -0.15) is 4.98 Å². The third-order valence-corrected chi connectivity index (χ3v) is 6.55. The Bertz CT molecular complexity index is 1120. The van der Waals surface area contributed by atoms with Crippen molar-refractivity contribution in [3.8, 4) is 0 Å². The molecule has 1 aliphatic heterocycles. The van der Waals surface area contributed by atoms with E-state index in [0.29, 0.717) is 23.7 Å². The maximum Gasteiger partial charge on any atom is 0.227 e. The number of hydrogen-bond acceptors (Lipinski definition) is 6. The first-order valence-electron chi connectivity index (χ1n) is 11.8. The molecule has 0 bridgehead atoms. The van der Waals surface area contributed by atoms with E-state index in [0.717, 1.165) is 56.5 Å². The molecule has 0 radical (unpaired) electrons. The molecule has 6 heteroatoms. The fourth-order valence-electron chi connectivity index (χ4n) is 4.71. The highest BCUT2D eigenvalue weighted by atomic mass is 16.1. The number of hydrogen-bond donors (Lipinski definition) is 1. The lowest BCUT2D eigenvalue weighted by Crippen LogP contribution is -2.46. The molecule has 2 heterocycles. The van der Waals surface area contributed by atoms with Crippen LogP contribution < -0.4 is 10.2 Å². The third-order valence-electron chi connectivity index (χ3n) is 6.55. The van der Waals surface area contributed by atoms with E-state index in [-0.39, 0.29) is 5.78 Å². The van der Waals surface area contributed by atoms with E-state index in [1.165, 1.54) is 11.1 Å². The minimum Gasteiger partial charge on any atom is -0.339 e. The van der Waals surface area contributed by atoms with Crippen LogP contribution in [-0.2, 0) is 13.0 Å². The summed E-state index contributed by atoms with van der Waals surface area (Å²) in [5, 5.41) is 3.42. The van der Waals surface area contributed by atoms with Gasteiger partial charge >= 0.3 is 0 Å². The van der Waals surface area contributed by atoms with Gasteiger partial charge in [0.05, 0.1) is 11.3 Å². The molecule has 33 heavy (non-hydrogen) atoms. The molecule has 3 aromatic rings. The summed E-state index contributed by atoms with van der Waals surface area (Å²) in [6, 6.07) is 18.8. The molecule has 0 spiro atoms. The number of nitrogens with one attached hydrogen (secondary N) is 1. The molecule has 0 amide bonds. The number of benzene rings is 2. The predicted molar refractivity (Wildman–Crippen MR) is 132 cm³/mol. The van der Waals surface area contributed by atoms with Gasteiger partial charge in [-0.3, -0.25) is 9.69 Å². The quantitative estimate of drug-likeness (QED) is 0.624. The molecular weight excluding hydrogens is 410 g/mol. The first-order chi connectivity index (χ1) is 16.0. The second-order valence-electron chi connectivity index (χ2n) is 9.37. The Morgan fingerprint density at radius 3 is 2.39 bits per heavy atom. The van der Waals surface area contributed by atoms with Gasteiger partial charge in [-0.05, 0) is 37.0 Å². The molecule has 1 fully saturated rings. The summed E-state index contributed by atoms with van der Waals surface area (Å²) in [7, 11) is 0. The Labute approximate surface area is 195 Å². The van der Waals surface area contributed by atoms with Gasteiger partial charge in [0, 0.05) is 44.8 Å². The number of aromatic nitrogens is 2. The molecule has 1 unspecified atom stereocenters. The second-order valence-corrected chi connectivity index (χ2v) is 9.37. The van der Waals surface area contributed by atoms with Crippen molar-refractivity contribution < 1.29 is 4.79 Å². The van der Waals surface area contributed by atoms with Crippen molar-refractivity contribution in [1.29, 1.82) is 0 Å². The molecule has 170 valence electrons. The highest BCUT2D eigenvalue weighted by molar-refractivity contribution is 6.03. The lowest BCUT2D eigenvalue weighted by Gasteiger charge is -2.35. The fourth-order valence-corrected chi connectivity index (χ4v) is 4.71. The van der Waals surface area contributed by atoms with Crippen LogP contribution in [0.5, 0.6) is 0 Å². The Balaban J connectivity index is 1.38. The SMILES string of the molecule is Cc1ccc(Nc2nc(N3CCN(Cc4ccccc4)CC3)nc3c2C(=O)CC(C)C3)cc1. The van der Waals surface area contributed by atoms with Crippen molar-refractivity contribution in [2.45, 2.75) is 33.2 Å². The van der Waals surface area contributed by atoms with E-state index in [9.17, 15) is 4.79 Å². The molecule has 2 aliphatic rings. The van der Waals surface area contributed by atoms with Crippen LogP contribution in [0.4, 0.5) is 17.5 Å². The summed E-state index contributed by atoms with van der Waals surface area (Å²) >= 11 is 0. The zero-order chi connectivity index (χ0) is 22.8. The van der Waals surface area contributed by atoms with Crippen LogP contribution >= 0.6 is 0 Å². The van der Waals surface area contributed by atoms with Crippen molar-refractivity contribution in [3.63, 3.8) is 0 Å². The van der Waals surface area contributed by atoms with Crippen LogP contribution in [0.25, 0.3) is 0 Å². The van der Waals surface area contributed by atoms with Crippen LogP contribution in [0.2, 0.25) is 0 Å². The van der Waals surface area contributed by atoms with Crippen molar-refractivity contribution >= 4 is 23.2 Å². The highest BCUT2D eigenvalue weighted by Crippen LogP contribution is 2.32. The maximum absolute atomic E-state index is 12.9. The number of carbonyl (C=O) groups excluding carboxylic acids is 1. The van der Waals surface area contributed by atoms with Crippen LogP contribution in [0, 0.1) is 12.8 Å². The molecule has 1 aromatic heterocycles. The number of Topliss-reactive ketones (excluding diaryl/α,β-unsaturated/α-hetero) is 1. The summed E-state index contributed by atoms with van der Waals surface area (Å²) in [6.45, 7) is 8.83. The van der Waals surface area contributed by atoms with Gasteiger partial charge in [0.2, 0.25) is 5.95 Å². The van der Waals surface area contributed by atoms with Crippen molar-refractivity contribution in [2.24, 2.45) is 5.92 Å². The van der Waals surface area contributed by atoms with E-state index in [1.54, 1.807) is 0 Å². The standard InChI is InChI=1S/C27H31N5O/c1-19-8-10-22(11-9-19)28-26-25-23(16-20(2)17-24(25)33)29-27(30-26)32-14-12-31(13-15-32)18-21-6-4-3-5-7-21/h3-11,20H,12-18H2,1-2H3,(H,28,29,30). The van der Waals surface area contributed by atoms with Crippen molar-refractivity contribution in [2.75, 3.05) is 36.4 Å². The van der Waals surface area contributed by atoms with Crippen molar-refractivity contribution in [3.05, 3.63) is 77.0 Å². The summed E-state index contributed by atoms with van der Waals surface area (Å²) in [5.41, 5.74) is 5.02.